The maximum atomic E-state index is 5.51. The van der Waals surface area contributed by atoms with E-state index in [1.54, 1.807) is 19.6 Å². The Morgan fingerprint density at radius 1 is 1.35 bits per heavy atom. The van der Waals surface area contributed by atoms with Crippen molar-refractivity contribution in [3.8, 4) is 5.75 Å². The highest BCUT2D eigenvalue weighted by atomic mass is 79.9. The Labute approximate surface area is 128 Å². The zero-order valence-electron chi connectivity index (χ0n) is 12.2. The molecule has 0 bridgehead atoms. The van der Waals surface area contributed by atoms with E-state index in [2.05, 4.69) is 54.0 Å². The summed E-state index contributed by atoms with van der Waals surface area (Å²) in [6, 6.07) is 6.06. The van der Waals surface area contributed by atoms with Crippen LogP contribution < -0.4 is 4.74 Å². The minimum absolute atomic E-state index is 0.0155. The van der Waals surface area contributed by atoms with Crippen molar-refractivity contribution >= 4 is 27.7 Å². The number of halogens is 1. The van der Waals surface area contributed by atoms with Crippen LogP contribution in [0.1, 0.15) is 26.3 Å². The zero-order valence-corrected chi connectivity index (χ0v) is 13.8. The van der Waals surface area contributed by atoms with Crippen molar-refractivity contribution in [3.05, 3.63) is 47.0 Å². The van der Waals surface area contributed by atoms with Gasteiger partial charge in [-0.1, -0.05) is 36.7 Å². The van der Waals surface area contributed by atoms with Gasteiger partial charge in [0.25, 0.3) is 0 Å². The molecule has 0 aliphatic heterocycles. The van der Waals surface area contributed by atoms with E-state index in [1.807, 2.05) is 22.9 Å². The van der Waals surface area contributed by atoms with Crippen LogP contribution in [0.5, 0.6) is 5.75 Å². The lowest BCUT2D eigenvalue weighted by molar-refractivity contribution is 0.411. The number of benzene rings is 1. The molecule has 0 atom stereocenters. The fraction of sp³-hybridized carbons (Fsp3) is 0.312. The van der Waals surface area contributed by atoms with Crippen molar-refractivity contribution in [2.45, 2.75) is 20.8 Å². The Hall–Kier alpha value is -1.55. The molecule has 3 nitrogen and oxygen atoms in total. The van der Waals surface area contributed by atoms with Gasteiger partial charge in [-0.25, -0.2) is 4.98 Å². The minimum atomic E-state index is -0.0155. The molecular formula is C16H19BrN2O. The summed E-state index contributed by atoms with van der Waals surface area (Å²) in [5.74, 6) is 0.870. The highest BCUT2D eigenvalue weighted by Crippen LogP contribution is 2.40. The fourth-order valence-corrected chi connectivity index (χ4v) is 2.41. The molecule has 0 aliphatic carbocycles. The number of rotatable bonds is 3. The monoisotopic (exact) mass is 334 g/mol. The van der Waals surface area contributed by atoms with Crippen LogP contribution in [0, 0.1) is 5.41 Å². The van der Waals surface area contributed by atoms with Crippen molar-refractivity contribution in [3.63, 3.8) is 0 Å². The van der Waals surface area contributed by atoms with Gasteiger partial charge in [-0.3, -0.25) is 0 Å². The molecule has 2 rings (SSSR count). The van der Waals surface area contributed by atoms with E-state index >= 15 is 0 Å². The number of methoxy groups -OCH3 is 1. The molecule has 0 saturated carbocycles. The number of allylic oxidation sites excluding steroid dienone is 1. The highest BCUT2D eigenvalue weighted by Gasteiger charge is 2.22. The van der Waals surface area contributed by atoms with Gasteiger partial charge in [0.15, 0.2) is 0 Å². The van der Waals surface area contributed by atoms with Crippen LogP contribution in [-0.2, 0) is 0 Å². The first kappa shape index (κ1) is 14.9. The summed E-state index contributed by atoms with van der Waals surface area (Å²) in [4.78, 5) is 4.09. The minimum Gasteiger partial charge on any atom is -0.496 e. The van der Waals surface area contributed by atoms with Crippen LogP contribution in [0.2, 0.25) is 0 Å². The summed E-state index contributed by atoms with van der Waals surface area (Å²) >= 11 is 3.54. The van der Waals surface area contributed by atoms with Crippen LogP contribution in [0.3, 0.4) is 0 Å². The third-order valence-electron chi connectivity index (χ3n) is 3.06. The van der Waals surface area contributed by atoms with E-state index in [4.69, 9.17) is 4.74 Å². The lowest BCUT2D eigenvalue weighted by atomic mass is 9.82. The Morgan fingerprint density at radius 3 is 2.65 bits per heavy atom. The van der Waals surface area contributed by atoms with Crippen molar-refractivity contribution in [1.29, 1.82) is 0 Å². The molecule has 0 N–H and O–H groups in total. The quantitative estimate of drug-likeness (QED) is 0.813. The number of imidazole rings is 1. The molecule has 0 radical (unpaired) electrons. The summed E-state index contributed by atoms with van der Waals surface area (Å²) in [6.45, 7) is 6.57. The van der Waals surface area contributed by atoms with Gasteiger partial charge in [-0.2, -0.15) is 0 Å². The summed E-state index contributed by atoms with van der Waals surface area (Å²) in [6.07, 6.45) is 7.58. The summed E-state index contributed by atoms with van der Waals surface area (Å²) in [7, 11) is 1.70. The number of hydrogen-bond donors (Lipinski definition) is 0. The van der Waals surface area contributed by atoms with Crippen LogP contribution in [0.15, 0.2) is 41.4 Å². The van der Waals surface area contributed by atoms with E-state index < -0.39 is 0 Å². The first-order chi connectivity index (χ1) is 9.41. The van der Waals surface area contributed by atoms with Gasteiger partial charge in [0.05, 0.1) is 13.4 Å². The Bertz CT molecular complexity index is 610. The summed E-state index contributed by atoms with van der Waals surface area (Å²) < 4.78 is 8.50. The third kappa shape index (κ3) is 3.31. The predicted molar refractivity (Wildman–Crippen MR) is 86.5 cm³/mol. The average molecular weight is 335 g/mol. The number of ether oxygens (including phenoxy) is 1. The summed E-state index contributed by atoms with van der Waals surface area (Å²) in [5, 5.41) is 0. The van der Waals surface area contributed by atoms with E-state index in [-0.39, 0.29) is 5.41 Å². The van der Waals surface area contributed by atoms with Gasteiger partial charge >= 0.3 is 0 Å². The van der Waals surface area contributed by atoms with Crippen LogP contribution >= 0.6 is 15.9 Å². The van der Waals surface area contributed by atoms with Crippen LogP contribution in [0.25, 0.3) is 11.8 Å². The molecule has 106 valence electrons. The largest absolute Gasteiger partial charge is 0.496 e. The lowest BCUT2D eigenvalue weighted by Gasteiger charge is -2.25. The molecule has 0 fully saturated rings. The molecule has 0 amide bonds. The second-order valence-corrected chi connectivity index (χ2v) is 6.56. The van der Waals surface area contributed by atoms with Crippen molar-refractivity contribution < 1.29 is 4.74 Å². The molecule has 0 spiro atoms. The van der Waals surface area contributed by atoms with Gasteiger partial charge in [-0.15, -0.1) is 0 Å². The van der Waals surface area contributed by atoms with Gasteiger partial charge in [0, 0.05) is 28.6 Å². The van der Waals surface area contributed by atoms with E-state index in [9.17, 15) is 0 Å². The standard InChI is InChI=1S/C16H19BrN2O/c1-16(2,3)14(10-19-8-7-18-11-19)13-9-12(17)5-6-15(13)20-4/h5-11H,1-4H3/b14-10-. The fourth-order valence-electron chi connectivity index (χ4n) is 2.05. The maximum absolute atomic E-state index is 5.51. The number of nitrogens with zero attached hydrogens (tertiary/aromatic N) is 2. The molecule has 20 heavy (non-hydrogen) atoms. The lowest BCUT2D eigenvalue weighted by Crippen LogP contribution is -2.10. The third-order valence-corrected chi connectivity index (χ3v) is 3.56. The van der Waals surface area contributed by atoms with Crippen LogP contribution in [-0.4, -0.2) is 16.7 Å². The smallest absolute Gasteiger partial charge is 0.126 e. The maximum Gasteiger partial charge on any atom is 0.126 e. The van der Waals surface area contributed by atoms with E-state index in [1.165, 1.54) is 5.57 Å². The zero-order chi connectivity index (χ0) is 14.8. The Morgan fingerprint density at radius 2 is 2.10 bits per heavy atom. The normalized spacial score (nSPS) is 12.6. The Balaban J connectivity index is 2.61. The molecule has 1 aromatic carbocycles. The SMILES string of the molecule is COc1ccc(Br)cc1/C(=C/n1ccnc1)C(C)(C)C. The summed E-state index contributed by atoms with van der Waals surface area (Å²) in [5.41, 5.74) is 2.26. The molecule has 2 aromatic rings. The Kier molecular flexibility index (Phi) is 4.33. The van der Waals surface area contributed by atoms with Crippen LogP contribution in [0.4, 0.5) is 0 Å². The van der Waals surface area contributed by atoms with E-state index in [0.717, 1.165) is 15.8 Å². The molecule has 0 unspecified atom stereocenters. The molecule has 1 heterocycles. The van der Waals surface area contributed by atoms with Gasteiger partial charge in [0.2, 0.25) is 0 Å². The van der Waals surface area contributed by atoms with Crippen molar-refractivity contribution in [1.82, 2.24) is 9.55 Å². The average Bonchev–Trinajstić information content (AvgIpc) is 2.87. The van der Waals surface area contributed by atoms with Gasteiger partial charge in [0.1, 0.15) is 5.75 Å². The predicted octanol–water partition coefficient (Wildman–Crippen LogP) is 4.70. The second kappa shape index (κ2) is 5.83. The molecule has 0 saturated heterocycles. The number of hydrogen-bond acceptors (Lipinski definition) is 2. The highest BCUT2D eigenvalue weighted by molar-refractivity contribution is 9.10. The van der Waals surface area contributed by atoms with Crippen molar-refractivity contribution in [2.24, 2.45) is 5.41 Å². The first-order valence-corrected chi connectivity index (χ1v) is 7.25. The molecular weight excluding hydrogens is 316 g/mol. The first-order valence-electron chi connectivity index (χ1n) is 6.45. The van der Waals surface area contributed by atoms with E-state index in [0.29, 0.717) is 0 Å². The molecule has 4 heteroatoms. The van der Waals surface area contributed by atoms with Gasteiger partial charge in [-0.05, 0) is 29.2 Å². The molecule has 0 aliphatic rings. The second-order valence-electron chi connectivity index (χ2n) is 5.65. The topological polar surface area (TPSA) is 27.1 Å². The van der Waals surface area contributed by atoms with Crippen molar-refractivity contribution in [2.75, 3.05) is 7.11 Å². The number of aromatic nitrogens is 2. The van der Waals surface area contributed by atoms with Gasteiger partial charge < -0.3 is 9.30 Å². The molecule has 1 aromatic heterocycles.